The molecular formula is C3H3KO7. The Kier molecular flexibility index (Phi) is 8.00. The van der Waals surface area contributed by atoms with Crippen LogP contribution in [0.2, 0.25) is 0 Å². The Morgan fingerprint density at radius 1 is 0.909 bits per heavy atom. The SMILES string of the molecule is O=C(O)OC(=O)OC(=O)O.[KH]. The van der Waals surface area contributed by atoms with Gasteiger partial charge in [0, 0.05) is 0 Å². The fraction of sp³-hybridized carbons (Fsp3) is 0. The molecule has 0 saturated carbocycles. The molecule has 58 valence electrons. The van der Waals surface area contributed by atoms with Crippen LogP contribution >= 0.6 is 0 Å². The van der Waals surface area contributed by atoms with Gasteiger partial charge >= 0.3 is 69.9 Å². The summed E-state index contributed by atoms with van der Waals surface area (Å²) in [5.74, 6) is 0. The zero-order valence-electron chi connectivity index (χ0n) is 4.44. The summed E-state index contributed by atoms with van der Waals surface area (Å²) in [5, 5.41) is 15.4. The van der Waals surface area contributed by atoms with Gasteiger partial charge in [-0.1, -0.05) is 0 Å². The Morgan fingerprint density at radius 2 is 1.18 bits per heavy atom. The van der Waals surface area contributed by atoms with Crippen molar-refractivity contribution in [1.29, 1.82) is 0 Å². The summed E-state index contributed by atoms with van der Waals surface area (Å²) in [6.07, 6.45) is -5.64. The maximum atomic E-state index is 9.86. The van der Waals surface area contributed by atoms with Crippen molar-refractivity contribution < 1.29 is 34.1 Å². The summed E-state index contributed by atoms with van der Waals surface area (Å²) in [4.78, 5) is 28.8. The maximum absolute atomic E-state index is 9.86. The molecule has 0 aromatic rings. The Labute approximate surface area is 103 Å². The molecule has 0 rings (SSSR count). The van der Waals surface area contributed by atoms with Crippen LogP contribution in [0, 0.1) is 0 Å². The number of hydrogen-bond acceptors (Lipinski definition) is 5. The van der Waals surface area contributed by atoms with Crippen molar-refractivity contribution >= 4 is 69.9 Å². The molecule has 0 bridgehead atoms. The number of rotatable bonds is 0. The molecule has 0 radical (unpaired) electrons. The summed E-state index contributed by atoms with van der Waals surface area (Å²) < 4.78 is 6.47. The van der Waals surface area contributed by atoms with Crippen LogP contribution in [0.15, 0.2) is 0 Å². The molecule has 0 unspecified atom stereocenters. The second kappa shape index (κ2) is 6.55. The molecule has 0 aromatic carbocycles. The molecule has 0 fully saturated rings. The molecular weight excluding hydrogens is 187 g/mol. The number of carbonyl (C=O) groups excluding carboxylic acids is 1. The van der Waals surface area contributed by atoms with Gasteiger partial charge in [-0.25, -0.2) is 14.4 Å². The van der Waals surface area contributed by atoms with E-state index < -0.39 is 18.5 Å². The van der Waals surface area contributed by atoms with Gasteiger partial charge in [0.1, 0.15) is 0 Å². The Hall–Kier alpha value is -0.154. The second-order valence-electron chi connectivity index (χ2n) is 0.986. The minimum absolute atomic E-state index is 0. The van der Waals surface area contributed by atoms with Crippen molar-refractivity contribution in [3.8, 4) is 0 Å². The molecule has 2 N–H and O–H groups in total. The van der Waals surface area contributed by atoms with Gasteiger partial charge in [0.15, 0.2) is 0 Å². The van der Waals surface area contributed by atoms with E-state index in [0.717, 1.165) is 0 Å². The molecule has 0 atom stereocenters. The van der Waals surface area contributed by atoms with Gasteiger partial charge in [-0.05, 0) is 0 Å². The molecule has 11 heavy (non-hydrogen) atoms. The van der Waals surface area contributed by atoms with Crippen LogP contribution in [0.4, 0.5) is 14.4 Å². The van der Waals surface area contributed by atoms with E-state index in [1.54, 1.807) is 0 Å². The number of carboxylic acid groups (broad SMARTS) is 2. The van der Waals surface area contributed by atoms with Crippen LogP contribution in [0.3, 0.4) is 0 Å². The molecule has 0 heterocycles. The van der Waals surface area contributed by atoms with Crippen LogP contribution in [-0.4, -0.2) is 80.1 Å². The summed E-state index contributed by atoms with van der Waals surface area (Å²) >= 11 is 0. The van der Waals surface area contributed by atoms with Crippen molar-refractivity contribution in [2.24, 2.45) is 0 Å². The van der Waals surface area contributed by atoms with Crippen molar-refractivity contribution in [1.82, 2.24) is 0 Å². The van der Waals surface area contributed by atoms with Crippen LogP contribution < -0.4 is 0 Å². The first-order chi connectivity index (χ1) is 4.52. The van der Waals surface area contributed by atoms with E-state index >= 15 is 0 Å². The van der Waals surface area contributed by atoms with Gasteiger partial charge in [-0.15, -0.1) is 0 Å². The van der Waals surface area contributed by atoms with Gasteiger partial charge in [0.05, 0.1) is 0 Å². The zero-order valence-corrected chi connectivity index (χ0v) is 4.44. The quantitative estimate of drug-likeness (QED) is 0.310. The first kappa shape index (κ1) is 13.4. The fourth-order valence-corrected chi connectivity index (χ4v) is 0.163. The van der Waals surface area contributed by atoms with Crippen molar-refractivity contribution in [2.45, 2.75) is 0 Å². The van der Waals surface area contributed by atoms with Gasteiger partial charge in [0.25, 0.3) is 0 Å². The van der Waals surface area contributed by atoms with E-state index in [-0.39, 0.29) is 51.4 Å². The fourth-order valence-electron chi connectivity index (χ4n) is 0.163. The average molecular weight is 190 g/mol. The zero-order chi connectivity index (χ0) is 8.15. The topological polar surface area (TPSA) is 110 Å². The number of carbonyl (C=O) groups is 3. The van der Waals surface area contributed by atoms with Gasteiger partial charge in [-0.2, -0.15) is 0 Å². The molecule has 8 heteroatoms. The van der Waals surface area contributed by atoms with Crippen molar-refractivity contribution in [3.05, 3.63) is 0 Å². The minimum atomic E-state index is -1.92. The molecule has 0 spiro atoms. The van der Waals surface area contributed by atoms with Crippen LogP contribution in [0.25, 0.3) is 0 Å². The number of hydrogen-bond donors (Lipinski definition) is 2. The van der Waals surface area contributed by atoms with Crippen molar-refractivity contribution in [3.63, 3.8) is 0 Å². The third-order valence-electron chi connectivity index (χ3n) is 0.341. The second-order valence-corrected chi connectivity index (χ2v) is 0.986. The van der Waals surface area contributed by atoms with E-state index in [4.69, 9.17) is 10.2 Å². The normalized spacial score (nSPS) is 7.27. The van der Waals surface area contributed by atoms with E-state index in [1.165, 1.54) is 0 Å². The molecule has 0 aliphatic rings. The standard InChI is InChI=1S/C3H2O7.K.H/c4-1(5)9-3(8)10-2(6)7;;/h(H,4,5)(H,6,7);;. The molecule has 0 saturated heterocycles. The molecule has 7 nitrogen and oxygen atoms in total. The van der Waals surface area contributed by atoms with E-state index in [2.05, 4.69) is 9.47 Å². The Morgan fingerprint density at radius 3 is 1.36 bits per heavy atom. The third-order valence-corrected chi connectivity index (χ3v) is 0.341. The average Bonchev–Trinajstić information content (AvgIpc) is 1.58. The molecule has 0 aliphatic carbocycles. The van der Waals surface area contributed by atoms with E-state index in [0.29, 0.717) is 0 Å². The monoisotopic (exact) mass is 190 g/mol. The van der Waals surface area contributed by atoms with Crippen LogP contribution in [0.1, 0.15) is 0 Å². The third kappa shape index (κ3) is 9.85. The molecule has 0 amide bonds. The predicted molar refractivity (Wildman–Crippen MR) is 30.8 cm³/mol. The number of ether oxygens (including phenoxy) is 2. The van der Waals surface area contributed by atoms with Gasteiger partial charge in [0.2, 0.25) is 0 Å². The Balaban J connectivity index is 0. The predicted octanol–water partition coefficient (Wildman–Crippen LogP) is -0.153. The first-order valence-corrected chi connectivity index (χ1v) is 1.88. The van der Waals surface area contributed by atoms with E-state index in [9.17, 15) is 14.4 Å². The van der Waals surface area contributed by atoms with Gasteiger partial charge in [-0.3, -0.25) is 0 Å². The first-order valence-electron chi connectivity index (χ1n) is 1.88. The summed E-state index contributed by atoms with van der Waals surface area (Å²) in [6.45, 7) is 0. The van der Waals surface area contributed by atoms with Crippen molar-refractivity contribution in [2.75, 3.05) is 0 Å². The van der Waals surface area contributed by atoms with Crippen LogP contribution in [0.5, 0.6) is 0 Å². The summed E-state index contributed by atoms with van der Waals surface area (Å²) in [6, 6.07) is 0. The van der Waals surface area contributed by atoms with Crippen LogP contribution in [-0.2, 0) is 9.47 Å². The van der Waals surface area contributed by atoms with E-state index in [1.807, 2.05) is 0 Å². The summed E-state index contributed by atoms with van der Waals surface area (Å²) in [5.41, 5.74) is 0. The molecule has 0 aromatic heterocycles. The Bertz CT molecular complexity index is 157. The summed E-state index contributed by atoms with van der Waals surface area (Å²) in [7, 11) is 0. The molecule has 0 aliphatic heterocycles. The van der Waals surface area contributed by atoms with Gasteiger partial charge < -0.3 is 19.7 Å².